The Labute approximate surface area is 152 Å². The minimum Gasteiger partial charge on any atom is -0.497 e. The van der Waals surface area contributed by atoms with Crippen molar-refractivity contribution in [3.05, 3.63) is 29.8 Å². The highest BCUT2D eigenvalue weighted by Gasteiger charge is 2.23. The minimum absolute atomic E-state index is 0.00385. The minimum atomic E-state index is -0.0115. The number of methoxy groups -OCH3 is 1. The SMILES string of the molecule is COc1ccc([C@@H](CN2CCN(C)CC2)NC(=O)CC(C)(C)C)cc1. The normalized spacial score (nSPS) is 18.0. The van der Waals surface area contributed by atoms with Gasteiger partial charge in [0.1, 0.15) is 5.75 Å². The molecule has 0 radical (unpaired) electrons. The van der Waals surface area contributed by atoms with Gasteiger partial charge in [-0.15, -0.1) is 0 Å². The van der Waals surface area contributed by atoms with Gasteiger partial charge in [-0.2, -0.15) is 0 Å². The van der Waals surface area contributed by atoms with Gasteiger partial charge in [0.15, 0.2) is 0 Å². The van der Waals surface area contributed by atoms with E-state index < -0.39 is 0 Å². The summed E-state index contributed by atoms with van der Waals surface area (Å²) in [7, 11) is 3.82. The first-order valence-corrected chi connectivity index (χ1v) is 9.11. The number of amides is 1. The fourth-order valence-electron chi connectivity index (χ4n) is 3.09. The number of nitrogens with zero attached hydrogens (tertiary/aromatic N) is 2. The summed E-state index contributed by atoms with van der Waals surface area (Å²) in [6, 6.07) is 8.03. The van der Waals surface area contributed by atoms with E-state index in [-0.39, 0.29) is 17.4 Å². The smallest absolute Gasteiger partial charge is 0.221 e. The first-order chi connectivity index (χ1) is 11.8. The van der Waals surface area contributed by atoms with E-state index in [1.54, 1.807) is 7.11 Å². The number of benzene rings is 1. The van der Waals surface area contributed by atoms with E-state index in [1.165, 1.54) is 0 Å². The molecule has 2 rings (SSSR count). The van der Waals surface area contributed by atoms with E-state index in [4.69, 9.17) is 4.74 Å². The highest BCUT2D eigenvalue weighted by molar-refractivity contribution is 5.77. The molecule has 1 atom stereocenters. The van der Waals surface area contributed by atoms with Crippen molar-refractivity contribution in [2.24, 2.45) is 5.41 Å². The fourth-order valence-corrected chi connectivity index (χ4v) is 3.09. The monoisotopic (exact) mass is 347 g/mol. The van der Waals surface area contributed by atoms with E-state index in [0.717, 1.165) is 44.0 Å². The third-order valence-corrected chi connectivity index (χ3v) is 4.58. The van der Waals surface area contributed by atoms with Crippen molar-refractivity contribution in [1.29, 1.82) is 0 Å². The average molecular weight is 348 g/mol. The van der Waals surface area contributed by atoms with Crippen molar-refractivity contribution in [2.45, 2.75) is 33.2 Å². The average Bonchev–Trinajstić information content (AvgIpc) is 2.54. The quantitative estimate of drug-likeness (QED) is 0.859. The van der Waals surface area contributed by atoms with Crippen molar-refractivity contribution in [3.8, 4) is 5.75 Å². The van der Waals surface area contributed by atoms with Gasteiger partial charge < -0.3 is 15.0 Å². The summed E-state index contributed by atoms with van der Waals surface area (Å²) >= 11 is 0. The molecular weight excluding hydrogens is 314 g/mol. The number of piperazine rings is 1. The van der Waals surface area contributed by atoms with Gasteiger partial charge >= 0.3 is 0 Å². The summed E-state index contributed by atoms with van der Waals surface area (Å²) in [5, 5.41) is 3.25. The van der Waals surface area contributed by atoms with Crippen LogP contribution in [0.15, 0.2) is 24.3 Å². The second-order valence-electron chi connectivity index (χ2n) is 8.23. The summed E-state index contributed by atoms with van der Waals surface area (Å²) in [6.45, 7) is 11.4. The molecule has 1 aromatic carbocycles. The molecule has 0 bridgehead atoms. The van der Waals surface area contributed by atoms with Gasteiger partial charge in [-0.3, -0.25) is 9.69 Å². The number of carbonyl (C=O) groups excluding carboxylic acids is 1. The van der Waals surface area contributed by atoms with Crippen LogP contribution in [0.5, 0.6) is 5.75 Å². The molecule has 1 heterocycles. The molecule has 1 fully saturated rings. The lowest BCUT2D eigenvalue weighted by Crippen LogP contribution is -2.48. The first kappa shape index (κ1) is 19.7. The van der Waals surface area contributed by atoms with Crippen molar-refractivity contribution in [3.63, 3.8) is 0 Å². The summed E-state index contributed by atoms with van der Waals surface area (Å²) in [5.41, 5.74) is 1.12. The Morgan fingerprint density at radius 2 is 1.76 bits per heavy atom. The molecule has 1 amide bonds. The Hall–Kier alpha value is -1.59. The van der Waals surface area contributed by atoms with Crippen LogP contribution >= 0.6 is 0 Å². The lowest BCUT2D eigenvalue weighted by atomic mass is 9.91. The van der Waals surface area contributed by atoms with Crippen LogP contribution in [0.25, 0.3) is 0 Å². The van der Waals surface area contributed by atoms with E-state index in [1.807, 2.05) is 12.1 Å². The van der Waals surface area contributed by atoms with Gasteiger partial charge in [0.25, 0.3) is 0 Å². The third kappa shape index (κ3) is 6.67. The molecule has 1 aliphatic heterocycles. The van der Waals surface area contributed by atoms with Gasteiger partial charge in [0, 0.05) is 39.1 Å². The number of rotatable bonds is 6. The van der Waals surface area contributed by atoms with Crippen molar-refractivity contribution >= 4 is 5.91 Å². The van der Waals surface area contributed by atoms with Gasteiger partial charge in [0.05, 0.1) is 13.2 Å². The maximum atomic E-state index is 12.5. The van der Waals surface area contributed by atoms with Gasteiger partial charge in [-0.1, -0.05) is 32.9 Å². The summed E-state index contributed by atoms with van der Waals surface area (Å²) in [5.74, 6) is 0.950. The summed E-state index contributed by atoms with van der Waals surface area (Å²) in [4.78, 5) is 17.3. The molecule has 0 unspecified atom stereocenters. The third-order valence-electron chi connectivity index (χ3n) is 4.58. The van der Waals surface area contributed by atoms with Crippen LogP contribution in [-0.4, -0.2) is 62.6 Å². The topological polar surface area (TPSA) is 44.8 Å². The molecule has 1 N–H and O–H groups in total. The van der Waals surface area contributed by atoms with Crippen LogP contribution in [0.4, 0.5) is 0 Å². The highest BCUT2D eigenvalue weighted by atomic mass is 16.5. The Balaban J connectivity index is 2.08. The van der Waals surface area contributed by atoms with Crippen LogP contribution in [0.3, 0.4) is 0 Å². The lowest BCUT2D eigenvalue weighted by molar-refractivity contribution is -0.123. The van der Waals surface area contributed by atoms with E-state index in [9.17, 15) is 4.79 Å². The number of likely N-dealkylation sites (N-methyl/N-ethyl adjacent to an activating group) is 1. The summed E-state index contributed by atoms with van der Waals surface area (Å²) in [6.07, 6.45) is 0.530. The molecule has 0 saturated carbocycles. The molecule has 1 aliphatic rings. The molecule has 0 aliphatic carbocycles. The Bertz CT molecular complexity index is 543. The zero-order valence-electron chi connectivity index (χ0n) is 16.3. The first-order valence-electron chi connectivity index (χ1n) is 9.11. The highest BCUT2D eigenvalue weighted by Crippen LogP contribution is 2.22. The van der Waals surface area contributed by atoms with Crippen LogP contribution < -0.4 is 10.1 Å². The predicted octanol–water partition coefficient (Wildman–Crippen LogP) is 2.54. The zero-order valence-corrected chi connectivity index (χ0v) is 16.3. The lowest BCUT2D eigenvalue weighted by Gasteiger charge is -2.35. The maximum absolute atomic E-state index is 12.5. The molecule has 140 valence electrons. The Kier molecular flexibility index (Phi) is 6.85. The second kappa shape index (κ2) is 8.68. The summed E-state index contributed by atoms with van der Waals surface area (Å²) < 4.78 is 5.25. The van der Waals surface area contributed by atoms with Gasteiger partial charge in [-0.25, -0.2) is 0 Å². The predicted molar refractivity (Wildman–Crippen MR) is 102 cm³/mol. The molecule has 1 saturated heterocycles. The molecule has 1 aromatic rings. The Morgan fingerprint density at radius 3 is 2.28 bits per heavy atom. The number of carbonyl (C=O) groups is 1. The van der Waals surface area contributed by atoms with Crippen LogP contribution in [0, 0.1) is 5.41 Å². The van der Waals surface area contributed by atoms with E-state index in [2.05, 4.69) is 55.1 Å². The molecule has 0 spiro atoms. The zero-order chi connectivity index (χ0) is 18.4. The van der Waals surface area contributed by atoms with Crippen molar-refractivity contribution in [2.75, 3.05) is 46.9 Å². The molecule has 0 aromatic heterocycles. The largest absolute Gasteiger partial charge is 0.497 e. The molecule has 5 nitrogen and oxygen atoms in total. The number of ether oxygens (including phenoxy) is 1. The standard InChI is InChI=1S/C20H33N3O2/c1-20(2,3)14-19(24)21-18(15-23-12-10-22(4)11-13-23)16-6-8-17(25-5)9-7-16/h6-9,18H,10-15H2,1-5H3,(H,21,24)/t18-/m1/s1. The van der Waals surface area contributed by atoms with Crippen LogP contribution in [0.2, 0.25) is 0 Å². The second-order valence-corrected chi connectivity index (χ2v) is 8.23. The van der Waals surface area contributed by atoms with Crippen LogP contribution in [-0.2, 0) is 4.79 Å². The Morgan fingerprint density at radius 1 is 1.16 bits per heavy atom. The molecular formula is C20H33N3O2. The molecule has 25 heavy (non-hydrogen) atoms. The molecule has 5 heteroatoms. The maximum Gasteiger partial charge on any atom is 0.221 e. The van der Waals surface area contributed by atoms with Gasteiger partial charge in [-0.05, 0) is 30.2 Å². The number of hydrogen-bond acceptors (Lipinski definition) is 4. The number of nitrogens with one attached hydrogen (secondary N) is 1. The van der Waals surface area contributed by atoms with E-state index in [0.29, 0.717) is 6.42 Å². The van der Waals surface area contributed by atoms with Crippen LogP contribution in [0.1, 0.15) is 38.8 Å². The number of hydrogen-bond donors (Lipinski definition) is 1. The van der Waals surface area contributed by atoms with Crippen molar-refractivity contribution in [1.82, 2.24) is 15.1 Å². The fraction of sp³-hybridized carbons (Fsp3) is 0.650. The van der Waals surface area contributed by atoms with Gasteiger partial charge in [0.2, 0.25) is 5.91 Å². The van der Waals surface area contributed by atoms with Crippen molar-refractivity contribution < 1.29 is 9.53 Å². The van der Waals surface area contributed by atoms with E-state index >= 15 is 0 Å².